The summed E-state index contributed by atoms with van der Waals surface area (Å²) in [5.74, 6) is 0. The monoisotopic (exact) mass is 253 g/mol. The minimum Gasteiger partial charge on any atom is -0.313 e. The first-order chi connectivity index (χ1) is 8.70. The minimum atomic E-state index is 0.633. The number of rotatable bonds is 11. The molecule has 0 aromatic rings. The number of nitrogens with one attached hydrogen (secondary N) is 1. The standard InChI is InChI=1S/C17H35N/c1-4-6-8-11-16(12-9-7-5-2)18-15-17(3)13-10-14-17/h16,18H,4-15H2,1-3H3. The van der Waals surface area contributed by atoms with Crippen LogP contribution in [-0.4, -0.2) is 12.6 Å². The zero-order valence-corrected chi connectivity index (χ0v) is 13.1. The van der Waals surface area contributed by atoms with Crippen LogP contribution in [0.1, 0.15) is 91.4 Å². The molecule has 1 fully saturated rings. The van der Waals surface area contributed by atoms with E-state index in [0.717, 1.165) is 6.04 Å². The summed E-state index contributed by atoms with van der Waals surface area (Å²) >= 11 is 0. The normalized spacial score (nSPS) is 18.0. The first-order valence-corrected chi connectivity index (χ1v) is 8.43. The number of unbranched alkanes of at least 4 members (excludes halogenated alkanes) is 4. The second kappa shape index (κ2) is 8.96. The number of hydrogen-bond donors (Lipinski definition) is 1. The highest BCUT2D eigenvalue weighted by molar-refractivity contribution is 4.86. The van der Waals surface area contributed by atoms with Crippen LogP contribution < -0.4 is 5.32 Å². The van der Waals surface area contributed by atoms with Crippen LogP contribution in [0.4, 0.5) is 0 Å². The lowest BCUT2D eigenvalue weighted by Gasteiger charge is -2.39. The second-order valence-corrected chi connectivity index (χ2v) is 6.73. The molecule has 1 N–H and O–H groups in total. The molecule has 0 bridgehead atoms. The zero-order chi connectivity index (χ0) is 13.3. The summed E-state index contributed by atoms with van der Waals surface area (Å²) < 4.78 is 0. The van der Waals surface area contributed by atoms with Crippen LogP contribution in [0.25, 0.3) is 0 Å². The van der Waals surface area contributed by atoms with E-state index in [4.69, 9.17) is 0 Å². The molecule has 1 aliphatic carbocycles. The Hall–Kier alpha value is -0.0400. The summed E-state index contributed by atoms with van der Waals surface area (Å²) in [7, 11) is 0. The van der Waals surface area contributed by atoms with Crippen molar-refractivity contribution in [3.63, 3.8) is 0 Å². The molecule has 108 valence electrons. The van der Waals surface area contributed by atoms with E-state index < -0.39 is 0 Å². The smallest absolute Gasteiger partial charge is 0.00672 e. The van der Waals surface area contributed by atoms with Gasteiger partial charge in [-0.15, -0.1) is 0 Å². The Kier molecular flexibility index (Phi) is 7.97. The van der Waals surface area contributed by atoms with E-state index in [2.05, 4.69) is 26.1 Å². The van der Waals surface area contributed by atoms with Gasteiger partial charge in [0.15, 0.2) is 0 Å². The molecule has 0 amide bonds. The van der Waals surface area contributed by atoms with Crippen molar-refractivity contribution in [2.45, 2.75) is 97.4 Å². The maximum absolute atomic E-state index is 3.88. The summed E-state index contributed by atoms with van der Waals surface area (Å²) in [6, 6.07) is 0.792. The van der Waals surface area contributed by atoms with Crippen LogP contribution in [0.3, 0.4) is 0 Å². The van der Waals surface area contributed by atoms with E-state index in [9.17, 15) is 0 Å². The van der Waals surface area contributed by atoms with Crippen LogP contribution in [0.5, 0.6) is 0 Å². The predicted molar refractivity (Wildman–Crippen MR) is 82.0 cm³/mol. The van der Waals surface area contributed by atoms with Gasteiger partial charge in [-0.1, -0.05) is 65.7 Å². The maximum Gasteiger partial charge on any atom is 0.00672 e. The van der Waals surface area contributed by atoms with Crippen molar-refractivity contribution in [1.82, 2.24) is 5.32 Å². The Morgan fingerprint density at radius 3 is 1.89 bits per heavy atom. The van der Waals surface area contributed by atoms with Gasteiger partial charge in [-0.3, -0.25) is 0 Å². The molecule has 1 aliphatic rings. The largest absolute Gasteiger partial charge is 0.313 e. The van der Waals surface area contributed by atoms with E-state index in [1.807, 2.05) is 0 Å². The van der Waals surface area contributed by atoms with E-state index in [0.29, 0.717) is 5.41 Å². The quantitative estimate of drug-likeness (QED) is 0.493. The molecule has 0 atom stereocenters. The van der Waals surface area contributed by atoms with Gasteiger partial charge in [0.2, 0.25) is 0 Å². The Balaban J connectivity index is 2.19. The summed E-state index contributed by atoms with van der Waals surface area (Å²) in [5.41, 5.74) is 0.633. The molecule has 0 heterocycles. The lowest BCUT2D eigenvalue weighted by Crippen LogP contribution is -2.41. The third kappa shape index (κ3) is 6.22. The predicted octanol–water partition coefficient (Wildman–Crippen LogP) is 5.30. The third-order valence-electron chi connectivity index (χ3n) is 4.69. The van der Waals surface area contributed by atoms with E-state index in [1.165, 1.54) is 77.2 Å². The highest BCUT2D eigenvalue weighted by Gasteiger charge is 2.31. The zero-order valence-electron chi connectivity index (χ0n) is 13.1. The highest BCUT2D eigenvalue weighted by Crippen LogP contribution is 2.39. The Labute approximate surface area is 115 Å². The second-order valence-electron chi connectivity index (χ2n) is 6.73. The topological polar surface area (TPSA) is 12.0 Å². The molecule has 0 saturated heterocycles. The number of hydrogen-bond acceptors (Lipinski definition) is 1. The van der Waals surface area contributed by atoms with Gasteiger partial charge in [-0.2, -0.15) is 0 Å². The molecule has 18 heavy (non-hydrogen) atoms. The van der Waals surface area contributed by atoms with Gasteiger partial charge < -0.3 is 5.32 Å². The molecule has 0 radical (unpaired) electrons. The van der Waals surface area contributed by atoms with E-state index in [-0.39, 0.29) is 0 Å². The van der Waals surface area contributed by atoms with Crippen molar-refractivity contribution >= 4 is 0 Å². The van der Waals surface area contributed by atoms with Crippen LogP contribution in [0.2, 0.25) is 0 Å². The van der Waals surface area contributed by atoms with Gasteiger partial charge >= 0.3 is 0 Å². The van der Waals surface area contributed by atoms with E-state index in [1.54, 1.807) is 0 Å². The highest BCUT2D eigenvalue weighted by atomic mass is 14.9. The van der Waals surface area contributed by atoms with Crippen molar-refractivity contribution in [1.29, 1.82) is 0 Å². The third-order valence-corrected chi connectivity index (χ3v) is 4.69. The maximum atomic E-state index is 3.88. The van der Waals surface area contributed by atoms with Gasteiger partial charge in [0.25, 0.3) is 0 Å². The summed E-state index contributed by atoms with van der Waals surface area (Å²) in [4.78, 5) is 0. The van der Waals surface area contributed by atoms with Crippen LogP contribution in [0.15, 0.2) is 0 Å². The molecule has 0 unspecified atom stereocenters. The van der Waals surface area contributed by atoms with Crippen molar-refractivity contribution in [2.24, 2.45) is 5.41 Å². The van der Waals surface area contributed by atoms with Crippen molar-refractivity contribution in [2.75, 3.05) is 6.54 Å². The summed E-state index contributed by atoms with van der Waals surface area (Å²) in [6.45, 7) is 8.32. The van der Waals surface area contributed by atoms with Crippen molar-refractivity contribution in [3.8, 4) is 0 Å². The Bertz CT molecular complexity index is 186. The molecule has 1 rings (SSSR count). The van der Waals surface area contributed by atoms with Crippen LogP contribution in [-0.2, 0) is 0 Å². The first kappa shape index (κ1) is 16.0. The molecule has 0 spiro atoms. The van der Waals surface area contributed by atoms with E-state index >= 15 is 0 Å². The summed E-state index contributed by atoms with van der Waals surface area (Å²) in [5, 5.41) is 3.88. The van der Waals surface area contributed by atoms with Gasteiger partial charge in [0.1, 0.15) is 0 Å². The van der Waals surface area contributed by atoms with Gasteiger partial charge in [0.05, 0.1) is 0 Å². The Morgan fingerprint density at radius 1 is 0.944 bits per heavy atom. The molecule has 0 aromatic carbocycles. The lowest BCUT2D eigenvalue weighted by atomic mass is 9.70. The minimum absolute atomic E-state index is 0.633. The average molecular weight is 253 g/mol. The van der Waals surface area contributed by atoms with Crippen molar-refractivity contribution < 1.29 is 0 Å². The molecule has 0 aliphatic heterocycles. The fourth-order valence-corrected chi connectivity index (χ4v) is 2.98. The fraction of sp³-hybridized carbons (Fsp3) is 1.00. The molecule has 1 saturated carbocycles. The van der Waals surface area contributed by atoms with Gasteiger partial charge in [-0.05, 0) is 31.1 Å². The van der Waals surface area contributed by atoms with Gasteiger partial charge in [0, 0.05) is 12.6 Å². The molecule has 0 aromatic heterocycles. The SMILES string of the molecule is CCCCCC(CCCCC)NCC1(C)CCC1. The van der Waals surface area contributed by atoms with Crippen LogP contribution in [0, 0.1) is 5.41 Å². The fourth-order valence-electron chi connectivity index (χ4n) is 2.98. The Morgan fingerprint density at radius 2 is 1.50 bits per heavy atom. The molecular formula is C17H35N. The molecule has 1 nitrogen and oxygen atoms in total. The lowest BCUT2D eigenvalue weighted by molar-refractivity contribution is 0.148. The summed E-state index contributed by atoms with van der Waals surface area (Å²) in [6.07, 6.45) is 15.5. The molecular weight excluding hydrogens is 218 g/mol. The first-order valence-electron chi connectivity index (χ1n) is 8.43. The average Bonchev–Trinajstić information content (AvgIpc) is 2.33. The molecule has 1 heteroatoms. The van der Waals surface area contributed by atoms with Gasteiger partial charge in [-0.25, -0.2) is 0 Å². The van der Waals surface area contributed by atoms with Crippen molar-refractivity contribution in [3.05, 3.63) is 0 Å². The van der Waals surface area contributed by atoms with Crippen LogP contribution >= 0.6 is 0 Å².